The van der Waals surface area contributed by atoms with Crippen molar-refractivity contribution in [1.82, 2.24) is 5.32 Å². The fraction of sp³-hybridized carbons (Fsp3) is 0.0556. The van der Waals surface area contributed by atoms with Crippen LogP contribution in [0.25, 0.3) is 11.0 Å². The lowest BCUT2D eigenvalue weighted by atomic mass is 9.82. The molecule has 2 aliphatic heterocycles. The monoisotopic (exact) mass is 411 g/mol. The number of hydrogen-bond donors (Lipinski definition) is 3. The molecular weight excluding hydrogens is 402 g/mol. The predicted molar refractivity (Wildman–Crippen MR) is 98.2 cm³/mol. The van der Waals surface area contributed by atoms with E-state index in [-0.39, 0.29) is 11.3 Å². The summed E-state index contributed by atoms with van der Waals surface area (Å²) in [7, 11) is 0. The maximum Gasteiger partial charge on any atom is 0.344 e. The van der Waals surface area contributed by atoms with E-state index in [1.54, 1.807) is 42.5 Å². The first-order valence-corrected chi connectivity index (χ1v) is 8.57. The summed E-state index contributed by atoms with van der Waals surface area (Å²) in [5.74, 6) is -0.516. The molecular formula is C18H10BrN3O4. The number of fused-ring (bicyclic) bond motifs is 6. The van der Waals surface area contributed by atoms with Crippen LogP contribution in [0.4, 0.5) is 16.2 Å². The van der Waals surface area contributed by atoms with E-state index in [0.717, 1.165) is 0 Å². The van der Waals surface area contributed by atoms with Gasteiger partial charge in [0.15, 0.2) is 5.54 Å². The number of carbonyl (C=O) groups is 2. The third-order valence-electron chi connectivity index (χ3n) is 4.71. The number of amides is 3. The Labute approximate surface area is 154 Å². The Morgan fingerprint density at radius 1 is 0.923 bits per heavy atom. The summed E-state index contributed by atoms with van der Waals surface area (Å²) in [4.78, 5) is 38.3. The molecule has 0 fully saturated rings. The highest BCUT2D eigenvalue weighted by Crippen LogP contribution is 2.48. The summed E-state index contributed by atoms with van der Waals surface area (Å²) in [5.41, 5.74) is -0.700. The molecule has 1 atom stereocenters. The molecule has 0 aliphatic carbocycles. The fourth-order valence-corrected chi connectivity index (χ4v) is 4.36. The van der Waals surface area contributed by atoms with Gasteiger partial charge < -0.3 is 20.4 Å². The Morgan fingerprint density at radius 2 is 1.73 bits per heavy atom. The van der Waals surface area contributed by atoms with Gasteiger partial charge in [0.2, 0.25) is 0 Å². The molecule has 2 aromatic carbocycles. The smallest absolute Gasteiger partial charge is 0.344 e. The van der Waals surface area contributed by atoms with Crippen molar-refractivity contribution in [2.75, 3.05) is 10.6 Å². The molecule has 8 heteroatoms. The summed E-state index contributed by atoms with van der Waals surface area (Å²) in [6, 6.07) is 11.5. The molecule has 0 radical (unpaired) electrons. The van der Waals surface area contributed by atoms with Gasteiger partial charge in [0, 0.05) is 21.1 Å². The first kappa shape index (κ1) is 15.2. The zero-order chi connectivity index (χ0) is 18.1. The Bertz CT molecular complexity index is 1200. The SMILES string of the molecule is O=C1Nc2c(c(=O)oc3ccccc23)C2(N1)C(=O)Nc1cccc(Br)c12. The summed E-state index contributed by atoms with van der Waals surface area (Å²) in [6.07, 6.45) is 0. The average molecular weight is 412 g/mol. The minimum atomic E-state index is -1.67. The van der Waals surface area contributed by atoms with E-state index in [4.69, 9.17) is 4.42 Å². The third-order valence-corrected chi connectivity index (χ3v) is 5.37. The molecule has 1 spiro atoms. The Morgan fingerprint density at radius 3 is 2.58 bits per heavy atom. The van der Waals surface area contributed by atoms with Gasteiger partial charge in [0.25, 0.3) is 5.91 Å². The van der Waals surface area contributed by atoms with Gasteiger partial charge in [-0.05, 0) is 24.3 Å². The fourth-order valence-electron chi connectivity index (χ4n) is 3.69. The molecule has 1 aromatic heterocycles. The van der Waals surface area contributed by atoms with E-state index in [2.05, 4.69) is 31.9 Å². The van der Waals surface area contributed by atoms with E-state index in [1.165, 1.54) is 0 Å². The number of nitrogens with one attached hydrogen (secondary N) is 3. The summed E-state index contributed by atoms with van der Waals surface area (Å²) in [6.45, 7) is 0. The van der Waals surface area contributed by atoms with Crippen LogP contribution in [0.2, 0.25) is 0 Å². The van der Waals surface area contributed by atoms with E-state index in [9.17, 15) is 14.4 Å². The van der Waals surface area contributed by atoms with Crippen molar-refractivity contribution in [2.45, 2.75) is 5.54 Å². The standard InChI is InChI=1S/C18H10BrN3O4/c19-9-5-3-6-10-12(9)18(16(24)20-10)13-14(21-17(25)22-18)8-4-1-2-7-11(8)26-15(13)23/h1-7H,(H,20,24)(H2,21,22,25). The highest BCUT2D eigenvalue weighted by molar-refractivity contribution is 9.10. The summed E-state index contributed by atoms with van der Waals surface area (Å²) < 4.78 is 6.03. The molecule has 3 N–H and O–H groups in total. The van der Waals surface area contributed by atoms with E-state index < -0.39 is 23.1 Å². The van der Waals surface area contributed by atoms with E-state index in [0.29, 0.717) is 26.7 Å². The normalized spacial score (nSPS) is 20.3. The second-order valence-corrected chi connectivity index (χ2v) is 6.94. The highest BCUT2D eigenvalue weighted by atomic mass is 79.9. The lowest BCUT2D eigenvalue weighted by Gasteiger charge is -2.34. The maximum atomic E-state index is 13.0. The van der Waals surface area contributed by atoms with Crippen LogP contribution in [0.3, 0.4) is 0 Å². The van der Waals surface area contributed by atoms with Crippen molar-refractivity contribution in [1.29, 1.82) is 0 Å². The molecule has 2 aliphatic rings. The lowest BCUT2D eigenvalue weighted by Crippen LogP contribution is -2.58. The van der Waals surface area contributed by atoms with E-state index in [1.807, 2.05) is 0 Å². The van der Waals surface area contributed by atoms with Crippen LogP contribution in [-0.2, 0) is 10.3 Å². The molecule has 1 unspecified atom stereocenters. The van der Waals surface area contributed by atoms with Gasteiger partial charge in [-0.25, -0.2) is 9.59 Å². The van der Waals surface area contributed by atoms with Gasteiger partial charge in [0.05, 0.1) is 5.69 Å². The number of benzene rings is 2. The number of urea groups is 1. The van der Waals surface area contributed by atoms with Gasteiger partial charge in [0.1, 0.15) is 11.1 Å². The minimum absolute atomic E-state index is 0.0546. The second-order valence-electron chi connectivity index (χ2n) is 6.08. The average Bonchev–Trinajstić information content (AvgIpc) is 2.87. The van der Waals surface area contributed by atoms with Crippen molar-refractivity contribution in [3.05, 3.63) is 68.5 Å². The number of anilines is 2. The molecule has 0 saturated carbocycles. The number of halogens is 1. The van der Waals surface area contributed by atoms with Crippen LogP contribution in [0.1, 0.15) is 11.1 Å². The highest BCUT2D eigenvalue weighted by Gasteiger charge is 2.56. The minimum Gasteiger partial charge on any atom is -0.422 e. The lowest BCUT2D eigenvalue weighted by molar-refractivity contribution is -0.120. The maximum absolute atomic E-state index is 13.0. The number of carbonyl (C=O) groups excluding carboxylic acids is 2. The molecule has 3 heterocycles. The first-order valence-electron chi connectivity index (χ1n) is 7.78. The van der Waals surface area contributed by atoms with E-state index >= 15 is 0 Å². The van der Waals surface area contributed by atoms with Crippen molar-refractivity contribution >= 4 is 50.2 Å². The number of para-hydroxylation sites is 1. The van der Waals surface area contributed by atoms with Crippen LogP contribution in [-0.4, -0.2) is 11.9 Å². The molecule has 3 aromatic rings. The van der Waals surface area contributed by atoms with Crippen LogP contribution in [0.5, 0.6) is 0 Å². The molecule has 3 amide bonds. The zero-order valence-electron chi connectivity index (χ0n) is 13.1. The van der Waals surface area contributed by atoms with Crippen molar-refractivity contribution < 1.29 is 14.0 Å². The zero-order valence-corrected chi connectivity index (χ0v) is 14.6. The molecule has 7 nitrogen and oxygen atoms in total. The van der Waals surface area contributed by atoms with Crippen molar-refractivity contribution in [2.24, 2.45) is 0 Å². The predicted octanol–water partition coefficient (Wildman–Crippen LogP) is 2.89. The van der Waals surface area contributed by atoms with Crippen LogP contribution >= 0.6 is 15.9 Å². The van der Waals surface area contributed by atoms with Gasteiger partial charge in [-0.15, -0.1) is 0 Å². The Kier molecular flexibility index (Phi) is 2.88. The van der Waals surface area contributed by atoms with Gasteiger partial charge in [-0.2, -0.15) is 0 Å². The molecule has 26 heavy (non-hydrogen) atoms. The topological polar surface area (TPSA) is 100 Å². The van der Waals surface area contributed by atoms with Gasteiger partial charge in [-0.1, -0.05) is 34.1 Å². The van der Waals surface area contributed by atoms with Crippen LogP contribution in [0.15, 0.2) is 56.1 Å². The molecule has 0 bridgehead atoms. The Hall–Kier alpha value is -3.13. The summed E-state index contributed by atoms with van der Waals surface area (Å²) >= 11 is 3.43. The second kappa shape index (κ2) is 4.95. The van der Waals surface area contributed by atoms with Crippen molar-refractivity contribution in [3.8, 4) is 0 Å². The quantitative estimate of drug-likeness (QED) is 0.495. The van der Waals surface area contributed by atoms with Crippen molar-refractivity contribution in [3.63, 3.8) is 0 Å². The van der Waals surface area contributed by atoms with Gasteiger partial charge >= 0.3 is 11.7 Å². The summed E-state index contributed by atoms with van der Waals surface area (Å²) in [5, 5.41) is 8.60. The number of hydrogen-bond acceptors (Lipinski definition) is 4. The molecule has 0 saturated heterocycles. The molecule has 128 valence electrons. The third kappa shape index (κ3) is 1.74. The van der Waals surface area contributed by atoms with Crippen LogP contribution < -0.4 is 21.6 Å². The number of rotatable bonds is 0. The van der Waals surface area contributed by atoms with Gasteiger partial charge in [-0.3, -0.25) is 4.79 Å². The largest absolute Gasteiger partial charge is 0.422 e. The molecule has 5 rings (SSSR count). The Balaban J connectivity index is 1.97. The van der Waals surface area contributed by atoms with Crippen LogP contribution in [0, 0.1) is 0 Å². The first-order chi connectivity index (χ1) is 12.5.